The molecule has 6 heteroatoms. The van der Waals surface area contributed by atoms with Gasteiger partial charge in [-0.15, -0.1) is 0 Å². The molecular weight excluding hydrogens is 318 g/mol. The van der Waals surface area contributed by atoms with Crippen LogP contribution in [0.3, 0.4) is 0 Å². The topological polar surface area (TPSA) is 65.8 Å². The van der Waals surface area contributed by atoms with E-state index in [4.69, 9.17) is 4.42 Å². The molecule has 25 heavy (non-hydrogen) atoms. The molecule has 2 fully saturated rings. The zero-order valence-electron chi connectivity index (χ0n) is 15.3. The van der Waals surface area contributed by atoms with E-state index < -0.39 is 0 Å². The molecule has 3 heterocycles. The molecule has 0 saturated carbocycles. The first-order chi connectivity index (χ1) is 12.1. The highest BCUT2D eigenvalue weighted by Crippen LogP contribution is 2.23. The van der Waals surface area contributed by atoms with Gasteiger partial charge >= 0.3 is 0 Å². The number of piperidine rings is 2. The molecule has 2 amide bonds. The molecule has 1 aromatic rings. The fraction of sp³-hybridized carbons (Fsp3) is 0.684. The average molecular weight is 347 g/mol. The lowest BCUT2D eigenvalue weighted by molar-refractivity contribution is -0.138. The van der Waals surface area contributed by atoms with Gasteiger partial charge in [-0.3, -0.25) is 9.59 Å². The number of nitrogens with zero attached hydrogens (tertiary/aromatic N) is 2. The largest absolute Gasteiger partial charge is 0.456 e. The Morgan fingerprint density at radius 1 is 1.16 bits per heavy atom. The third-order valence-electron chi connectivity index (χ3n) is 5.49. The third kappa shape index (κ3) is 4.06. The van der Waals surface area contributed by atoms with Crippen LogP contribution >= 0.6 is 0 Å². The zero-order valence-corrected chi connectivity index (χ0v) is 15.3. The van der Waals surface area contributed by atoms with Crippen LogP contribution in [0, 0.1) is 5.92 Å². The molecule has 1 aromatic heterocycles. The van der Waals surface area contributed by atoms with E-state index >= 15 is 0 Å². The first-order valence-corrected chi connectivity index (χ1v) is 9.46. The molecule has 0 bridgehead atoms. The van der Waals surface area contributed by atoms with Crippen molar-refractivity contribution < 1.29 is 14.0 Å². The fourth-order valence-electron chi connectivity index (χ4n) is 3.84. The van der Waals surface area contributed by atoms with Gasteiger partial charge in [0.25, 0.3) is 5.91 Å². The molecule has 138 valence electrons. The van der Waals surface area contributed by atoms with E-state index in [1.54, 1.807) is 6.07 Å². The smallest absolute Gasteiger partial charge is 0.289 e. The second kappa shape index (κ2) is 8.04. The Morgan fingerprint density at radius 2 is 1.92 bits per heavy atom. The number of likely N-dealkylation sites (N-methyl/N-ethyl adjacent to an activating group) is 1. The Labute approximate surface area is 149 Å². The number of nitrogens with one attached hydrogen (secondary N) is 1. The molecule has 2 saturated heterocycles. The van der Waals surface area contributed by atoms with E-state index in [9.17, 15) is 9.59 Å². The average Bonchev–Trinajstić information content (AvgIpc) is 3.16. The highest BCUT2D eigenvalue weighted by atomic mass is 16.4. The standard InChI is InChI=1S/C19H29N3O3/c1-3-16-6-7-17(25-16)19(24)21-11-8-14(9-12-21)18(23)22-10-4-5-15(13-22)20-2/h6-7,14-15,20H,3-5,8-13H2,1-2H3. The van der Waals surface area contributed by atoms with E-state index in [0.29, 0.717) is 24.9 Å². The maximum Gasteiger partial charge on any atom is 0.289 e. The summed E-state index contributed by atoms with van der Waals surface area (Å²) in [6.45, 7) is 4.92. The van der Waals surface area contributed by atoms with Crippen molar-refractivity contribution in [3.05, 3.63) is 23.7 Å². The molecule has 0 spiro atoms. The zero-order chi connectivity index (χ0) is 17.8. The summed E-state index contributed by atoms with van der Waals surface area (Å²) in [5, 5.41) is 3.28. The van der Waals surface area contributed by atoms with Crippen LogP contribution in [0.2, 0.25) is 0 Å². The summed E-state index contributed by atoms with van der Waals surface area (Å²) in [5.74, 6) is 1.49. The van der Waals surface area contributed by atoms with Gasteiger partial charge in [0.05, 0.1) is 0 Å². The molecule has 1 atom stereocenters. The second-order valence-electron chi connectivity index (χ2n) is 7.10. The van der Waals surface area contributed by atoms with E-state index in [1.807, 2.05) is 29.8 Å². The van der Waals surface area contributed by atoms with Crippen LogP contribution in [0.1, 0.15) is 48.9 Å². The minimum absolute atomic E-state index is 0.0439. The Kier molecular flexibility index (Phi) is 5.78. The Bertz CT molecular complexity index is 605. The number of aryl methyl sites for hydroxylation is 1. The molecule has 0 aromatic carbocycles. The van der Waals surface area contributed by atoms with Crippen molar-refractivity contribution in [1.82, 2.24) is 15.1 Å². The van der Waals surface area contributed by atoms with E-state index in [-0.39, 0.29) is 17.7 Å². The lowest BCUT2D eigenvalue weighted by Crippen LogP contribution is -2.50. The van der Waals surface area contributed by atoms with Gasteiger partial charge in [-0.05, 0) is 44.9 Å². The fourth-order valence-corrected chi connectivity index (χ4v) is 3.84. The summed E-state index contributed by atoms with van der Waals surface area (Å²) < 4.78 is 5.57. The number of carbonyl (C=O) groups excluding carboxylic acids is 2. The predicted molar refractivity (Wildman–Crippen MR) is 95.4 cm³/mol. The van der Waals surface area contributed by atoms with Crippen molar-refractivity contribution >= 4 is 11.8 Å². The first-order valence-electron chi connectivity index (χ1n) is 9.46. The van der Waals surface area contributed by atoms with Gasteiger partial charge in [-0.1, -0.05) is 6.92 Å². The third-order valence-corrected chi connectivity index (χ3v) is 5.49. The molecule has 3 rings (SSSR count). The number of amides is 2. The quantitative estimate of drug-likeness (QED) is 0.903. The molecular formula is C19H29N3O3. The number of likely N-dealkylation sites (tertiary alicyclic amines) is 2. The highest BCUT2D eigenvalue weighted by Gasteiger charge is 2.33. The maximum absolute atomic E-state index is 12.8. The second-order valence-corrected chi connectivity index (χ2v) is 7.10. The number of carbonyl (C=O) groups is 2. The number of hydrogen-bond acceptors (Lipinski definition) is 4. The van der Waals surface area contributed by atoms with Crippen LogP contribution in [0.5, 0.6) is 0 Å². The van der Waals surface area contributed by atoms with Crippen molar-refractivity contribution in [2.45, 2.75) is 45.1 Å². The van der Waals surface area contributed by atoms with Gasteiger partial charge in [0.15, 0.2) is 5.76 Å². The van der Waals surface area contributed by atoms with Crippen molar-refractivity contribution in [3.63, 3.8) is 0 Å². The van der Waals surface area contributed by atoms with Gasteiger partial charge in [-0.2, -0.15) is 0 Å². The van der Waals surface area contributed by atoms with Gasteiger partial charge in [0.2, 0.25) is 5.91 Å². The van der Waals surface area contributed by atoms with Crippen LogP contribution < -0.4 is 5.32 Å². The van der Waals surface area contributed by atoms with Crippen LogP contribution in [-0.4, -0.2) is 60.9 Å². The number of furan rings is 1. The normalized spacial score (nSPS) is 22.2. The summed E-state index contributed by atoms with van der Waals surface area (Å²) in [5.41, 5.74) is 0. The molecule has 6 nitrogen and oxygen atoms in total. The van der Waals surface area contributed by atoms with E-state index in [1.165, 1.54) is 0 Å². The minimum atomic E-state index is -0.0566. The van der Waals surface area contributed by atoms with Crippen molar-refractivity contribution in [1.29, 1.82) is 0 Å². The van der Waals surface area contributed by atoms with Gasteiger partial charge in [0.1, 0.15) is 5.76 Å². The summed E-state index contributed by atoms with van der Waals surface area (Å²) >= 11 is 0. The van der Waals surface area contributed by atoms with Crippen molar-refractivity contribution in [2.75, 3.05) is 33.2 Å². The molecule has 2 aliphatic rings. The van der Waals surface area contributed by atoms with Crippen molar-refractivity contribution in [2.24, 2.45) is 5.92 Å². The molecule has 0 radical (unpaired) electrons. The molecule has 2 aliphatic heterocycles. The van der Waals surface area contributed by atoms with E-state index in [2.05, 4.69) is 5.32 Å². The van der Waals surface area contributed by atoms with Crippen LogP contribution in [0.25, 0.3) is 0 Å². The molecule has 1 unspecified atom stereocenters. The van der Waals surface area contributed by atoms with E-state index in [0.717, 1.165) is 51.0 Å². The van der Waals surface area contributed by atoms with Crippen LogP contribution in [0.15, 0.2) is 16.5 Å². The minimum Gasteiger partial charge on any atom is -0.456 e. The molecule has 0 aliphatic carbocycles. The summed E-state index contributed by atoms with van der Waals surface area (Å²) in [7, 11) is 1.96. The first kappa shape index (κ1) is 18.0. The van der Waals surface area contributed by atoms with Crippen LogP contribution in [-0.2, 0) is 11.2 Å². The highest BCUT2D eigenvalue weighted by molar-refractivity contribution is 5.91. The molecule has 1 N–H and O–H groups in total. The predicted octanol–water partition coefficient (Wildman–Crippen LogP) is 1.90. The van der Waals surface area contributed by atoms with Gasteiger partial charge in [-0.25, -0.2) is 0 Å². The number of rotatable bonds is 4. The van der Waals surface area contributed by atoms with Crippen LogP contribution in [0.4, 0.5) is 0 Å². The van der Waals surface area contributed by atoms with Gasteiger partial charge in [0, 0.05) is 44.6 Å². The Morgan fingerprint density at radius 3 is 2.56 bits per heavy atom. The lowest BCUT2D eigenvalue weighted by Gasteiger charge is -2.37. The van der Waals surface area contributed by atoms with Gasteiger partial charge < -0.3 is 19.5 Å². The summed E-state index contributed by atoms with van der Waals surface area (Å²) in [6, 6.07) is 4.02. The monoisotopic (exact) mass is 347 g/mol. The SMILES string of the molecule is CCc1ccc(C(=O)N2CCC(C(=O)N3CCCC(NC)C3)CC2)o1. The summed E-state index contributed by atoms with van der Waals surface area (Å²) in [6.07, 6.45) is 4.47. The van der Waals surface area contributed by atoms with Crippen molar-refractivity contribution in [3.8, 4) is 0 Å². The maximum atomic E-state index is 12.8. The lowest BCUT2D eigenvalue weighted by atomic mass is 9.93. The Balaban J connectivity index is 1.52. The number of hydrogen-bond donors (Lipinski definition) is 1. The summed E-state index contributed by atoms with van der Waals surface area (Å²) in [4.78, 5) is 29.1. The Hall–Kier alpha value is -1.82.